The third-order valence-corrected chi connectivity index (χ3v) is 2.27. The Bertz CT molecular complexity index is 163. The van der Waals surface area contributed by atoms with Crippen molar-refractivity contribution < 1.29 is 0 Å². The molecule has 1 heterocycles. The quantitative estimate of drug-likeness (QED) is 0.620. The van der Waals surface area contributed by atoms with Gasteiger partial charge in [0.1, 0.15) is 0 Å². The largest absolute Gasteiger partial charge is 0.298 e. The minimum absolute atomic E-state index is 0.479. The molecule has 64 valence electrons. The monoisotopic (exact) mass is 173 g/mol. The van der Waals surface area contributed by atoms with Crippen LogP contribution in [0.25, 0.3) is 0 Å². The number of halogens is 1. The zero-order chi connectivity index (χ0) is 8.48. The van der Waals surface area contributed by atoms with Gasteiger partial charge in [-0.3, -0.25) is 4.90 Å². The van der Waals surface area contributed by atoms with E-state index in [1.54, 1.807) is 0 Å². The Kier molecular flexibility index (Phi) is 2.61. The van der Waals surface area contributed by atoms with Crippen molar-refractivity contribution in [2.75, 3.05) is 19.6 Å². The number of likely N-dealkylation sites (tertiary alicyclic amines) is 1. The number of nitrogens with zero attached hydrogens (tertiary/aromatic N) is 1. The summed E-state index contributed by atoms with van der Waals surface area (Å²) in [6.45, 7) is 11.5. The van der Waals surface area contributed by atoms with Crippen molar-refractivity contribution in [2.24, 2.45) is 5.41 Å². The van der Waals surface area contributed by atoms with Crippen LogP contribution in [-0.2, 0) is 0 Å². The van der Waals surface area contributed by atoms with Gasteiger partial charge in [-0.25, -0.2) is 0 Å². The summed E-state index contributed by atoms with van der Waals surface area (Å²) in [5.41, 5.74) is 0.479. The molecule has 0 aromatic carbocycles. The zero-order valence-electron chi connectivity index (χ0n) is 7.36. The lowest BCUT2D eigenvalue weighted by Gasteiger charge is -2.18. The second-order valence-electron chi connectivity index (χ2n) is 4.14. The van der Waals surface area contributed by atoms with Crippen molar-refractivity contribution in [3.05, 3.63) is 11.6 Å². The van der Waals surface area contributed by atoms with E-state index in [0.29, 0.717) is 5.41 Å². The van der Waals surface area contributed by atoms with E-state index in [2.05, 4.69) is 25.3 Å². The third-order valence-electron chi connectivity index (χ3n) is 2.15. The van der Waals surface area contributed by atoms with Gasteiger partial charge in [0.2, 0.25) is 0 Å². The SMILES string of the molecule is C=C(Cl)CN1CCC(C)(C)C1. The average molecular weight is 174 g/mol. The van der Waals surface area contributed by atoms with Crippen LogP contribution in [0.4, 0.5) is 0 Å². The lowest BCUT2D eigenvalue weighted by molar-refractivity contribution is 0.313. The molecule has 0 aromatic heterocycles. The Morgan fingerprint density at radius 3 is 2.64 bits per heavy atom. The molecule has 0 radical (unpaired) electrons. The standard InChI is InChI=1S/C9H16ClN/c1-8(10)6-11-5-4-9(2,3)7-11/h1,4-7H2,2-3H3. The molecule has 1 nitrogen and oxygen atoms in total. The van der Waals surface area contributed by atoms with Crippen LogP contribution in [-0.4, -0.2) is 24.5 Å². The average Bonchev–Trinajstić information content (AvgIpc) is 2.08. The summed E-state index contributed by atoms with van der Waals surface area (Å²) in [5, 5.41) is 0.753. The molecule has 1 saturated heterocycles. The molecule has 1 aliphatic heterocycles. The van der Waals surface area contributed by atoms with Crippen LogP contribution in [0.1, 0.15) is 20.3 Å². The second-order valence-corrected chi connectivity index (χ2v) is 4.68. The molecule has 1 rings (SSSR count). The molecule has 0 amide bonds. The molecule has 0 N–H and O–H groups in total. The molecule has 11 heavy (non-hydrogen) atoms. The molecule has 0 spiro atoms. The highest BCUT2D eigenvalue weighted by Gasteiger charge is 2.28. The van der Waals surface area contributed by atoms with E-state index in [9.17, 15) is 0 Å². The molecule has 1 aliphatic rings. The fraction of sp³-hybridized carbons (Fsp3) is 0.778. The maximum atomic E-state index is 5.71. The van der Waals surface area contributed by atoms with Crippen LogP contribution in [0.5, 0.6) is 0 Å². The van der Waals surface area contributed by atoms with Crippen molar-refractivity contribution in [2.45, 2.75) is 20.3 Å². The fourth-order valence-corrected chi connectivity index (χ4v) is 1.77. The maximum Gasteiger partial charge on any atom is 0.0335 e. The molecule has 0 unspecified atom stereocenters. The summed E-state index contributed by atoms with van der Waals surface area (Å²) >= 11 is 5.71. The fourth-order valence-electron chi connectivity index (χ4n) is 1.60. The van der Waals surface area contributed by atoms with Gasteiger partial charge in [0.25, 0.3) is 0 Å². The molecule has 0 atom stereocenters. The van der Waals surface area contributed by atoms with Gasteiger partial charge in [-0.15, -0.1) is 0 Å². The zero-order valence-corrected chi connectivity index (χ0v) is 8.12. The van der Waals surface area contributed by atoms with Gasteiger partial charge in [0.15, 0.2) is 0 Å². The first kappa shape index (κ1) is 9.08. The third kappa shape index (κ3) is 2.84. The predicted molar refractivity (Wildman–Crippen MR) is 49.8 cm³/mol. The van der Waals surface area contributed by atoms with E-state index < -0.39 is 0 Å². The summed E-state index contributed by atoms with van der Waals surface area (Å²) in [6, 6.07) is 0. The van der Waals surface area contributed by atoms with E-state index in [4.69, 9.17) is 11.6 Å². The van der Waals surface area contributed by atoms with Gasteiger partial charge in [0.05, 0.1) is 0 Å². The van der Waals surface area contributed by atoms with Gasteiger partial charge in [-0.1, -0.05) is 32.0 Å². The van der Waals surface area contributed by atoms with Crippen LogP contribution in [0.15, 0.2) is 11.6 Å². The molecule has 1 fully saturated rings. The van der Waals surface area contributed by atoms with E-state index >= 15 is 0 Å². The van der Waals surface area contributed by atoms with Crippen molar-refractivity contribution >= 4 is 11.6 Å². The maximum absolute atomic E-state index is 5.71. The first-order chi connectivity index (χ1) is 4.99. The van der Waals surface area contributed by atoms with Crippen LogP contribution in [0, 0.1) is 5.41 Å². The highest BCUT2D eigenvalue weighted by Crippen LogP contribution is 2.29. The van der Waals surface area contributed by atoms with Gasteiger partial charge in [-0.2, -0.15) is 0 Å². The lowest BCUT2D eigenvalue weighted by atomic mass is 9.93. The Morgan fingerprint density at radius 2 is 2.27 bits per heavy atom. The molecular formula is C9H16ClN. The smallest absolute Gasteiger partial charge is 0.0335 e. The van der Waals surface area contributed by atoms with Crippen LogP contribution >= 0.6 is 11.6 Å². The van der Waals surface area contributed by atoms with E-state index in [0.717, 1.165) is 18.1 Å². The topological polar surface area (TPSA) is 3.24 Å². The van der Waals surface area contributed by atoms with E-state index in [1.165, 1.54) is 13.0 Å². The Hall–Kier alpha value is -0.0100. The Morgan fingerprint density at radius 1 is 1.64 bits per heavy atom. The first-order valence-electron chi connectivity index (χ1n) is 4.05. The molecular weight excluding hydrogens is 158 g/mol. The van der Waals surface area contributed by atoms with Gasteiger partial charge < -0.3 is 0 Å². The van der Waals surface area contributed by atoms with Crippen molar-refractivity contribution in [3.63, 3.8) is 0 Å². The van der Waals surface area contributed by atoms with Gasteiger partial charge >= 0.3 is 0 Å². The van der Waals surface area contributed by atoms with Crippen molar-refractivity contribution in [1.29, 1.82) is 0 Å². The summed E-state index contributed by atoms with van der Waals surface area (Å²) in [4.78, 5) is 2.36. The Labute approximate surface area is 74.0 Å². The summed E-state index contributed by atoms with van der Waals surface area (Å²) in [7, 11) is 0. The minimum Gasteiger partial charge on any atom is -0.298 e. The molecule has 0 aliphatic carbocycles. The number of rotatable bonds is 2. The lowest BCUT2D eigenvalue weighted by Crippen LogP contribution is -2.24. The Balaban J connectivity index is 2.36. The normalized spacial score (nSPS) is 23.9. The molecule has 0 aromatic rings. The van der Waals surface area contributed by atoms with Crippen LogP contribution < -0.4 is 0 Å². The minimum atomic E-state index is 0.479. The number of hydrogen-bond acceptors (Lipinski definition) is 1. The van der Waals surface area contributed by atoms with Gasteiger partial charge in [0, 0.05) is 18.1 Å². The van der Waals surface area contributed by atoms with Crippen molar-refractivity contribution in [1.82, 2.24) is 4.90 Å². The molecule has 0 bridgehead atoms. The van der Waals surface area contributed by atoms with E-state index in [1.807, 2.05) is 0 Å². The van der Waals surface area contributed by atoms with E-state index in [-0.39, 0.29) is 0 Å². The van der Waals surface area contributed by atoms with Gasteiger partial charge in [-0.05, 0) is 18.4 Å². The molecule has 0 saturated carbocycles. The second kappa shape index (κ2) is 3.16. The highest BCUT2D eigenvalue weighted by atomic mass is 35.5. The predicted octanol–water partition coefficient (Wildman–Crippen LogP) is 2.47. The molecule has 2 heteroatoms. The number of hydrogen-bond donors (Lipinski definition) is 0. The first-order valence-corrected chi connectivity index (χ1v) is 4.43. The van der Waals surface area contributed by atoms with Crippen molar-refractivity contribution in [3.8, 4) is 0 Å². The summed E-state index contributed by atoms with van der Waals surface area (Å²) < 4.78 is 0. The summed E-state index contributed by atoms with van der Waals surface area (Å²) in [6.07, 6.45) is 1.27. The highest BCUT2D eigenvalue weighted by molar-refractivity contribution is 6.29. The van der Waals surface area contributed by atoms with Crippen LogP contribution in [0.2, 0.25) is 0 Å². The summed E-state index contributed by atoms with van der Waals surface area (Å²) in [5.74, 6) is 0. The van der Waals surface area contributed by atoms with Crippen LogP contribution in [0.3, 0.4) is 0 Å².